The fourth-order valence-electron chi connectivity index (χ4n) is 3.57. The highest BCUT2D eigenvalue weighted by molar-refractivity contribution is 6.30. The first kappa shape index (κ1) is 16.1. The first-order chi connectivity index (χ1) is 11.1. The molecule has 0 amide bonds. The minimum absolute atomic E-state index is 0.276. The van der Waals surface area contributed by atoms with Crippen molar-refractivity contribution in [3.63, 3.8) is 0 Å². The number of carbonyl (C=O) groups is 1. The molecule has 1 fully saturated rings. The number of hydrogen-bond acceptors (Lipinski definition) is 2. The van der Waals surface area contributed by atoms with E-state index in [2.05, 4.69) is 10.8 Å². The third kappa shape index (κ3) is 3.16. The van der Waals surface area contributed by atoms with E-state index in [0.717, 1.165) is 16.8 Å². The van der Waals surface area contributed by atoms with Crippen LogP contribution in [0.4, 0.5) is 0 Å². The molecule has 122 valence electrons. The zero-order chi connectivity index (χ0) is 16.4. The topological polar surface area (TPSA) is 31.2 Å². The lowest BCUT2D eigenvalue weighted by atomic mass is 9.95. The number of ether oxygens (including phenoxy) is 1. The number of methoxy groups -OCH3 is 1. The zero-order valence-corrected chi connectivity index (χ0v) is 14.4. The SMILES string of the molecule is COC(=O)c1c(-c2ccc(Cl)cc2)cn(C2CCCCC2)c1C. The molecule has 0 saturated heterocycles. The van der Waals surface area contributed by atoms with Gasteiger partial charge in [0.15, 0.2) is 0 Å². The van der Waals surface area contributed by atoms with E-state index in [1.807, 2.05) is 31.2 Å². The number of halogens is 1. The fraction of sp³-hybridized carbons (Fsp3) is 0.421. The molecule has 0 radical (unpaired) electrons. The molecule has 2 aromatic rings. The lowest BCUT2D eigenvalue weighted by Gasteiger charge is -2.24. The summed E-state index contributed by atoms with van der Waals surface area (Å²) in [6.45, 7) is 2.01. The van der Waals surface area contributed by atoms with Crippen LogP contribution in [0.1, 0.15) is 54.2 Å². The van der Waals surface area contributed by atoms with Gasteiger partial charge in [0.1, 0.15) is 0 Å². The highest BCUT2D eigenvalue weighted by atomic mass is 35.5. The molecule has 0 aliphatic heterocycles. The summed E-state index contributed by atoms with van der Waals surface area (Å²) in [5.41, 5.74) is 3.58. The smallest absolute Gasteiger partial charge is 0.340 e. The molecule has 3 nitrogen and oxygen atoms in total. The maximum atomic E-state index is 12.3. The second kappa shape index (κ2) is 6.79. The van der Waals surface area contributed by atoms with Crippen LogP contribution < -0.4 is 0 Å². The third-order valence-corrected chi connectivity index (χ3v) is 5.05. The van der Waals surface area contributed by atoms with E-state index < -0.39 is 0 Å². The Hall–Kier alpha value is -1.74. The number of rotatable bonds is 3. The van der Waals surface area contributed by atoms with Gasteiger partial charge in [0.2, 0.25) is 0 Å². The average Bonchev–Trinajstić information content (AvgIpc) is 2.93. The molecule has 0 unspecified atom stereocenters. The number of aromatic nitrogens is 1. The van der Waals surface area contributed by atoms with Crippen molar-refractivity contribution < 1.29 is 9.53 Å². The number of benzene rings is 1. The molecule has 3 rings (SSSR count). The van der Waals surface area contributed by atoms with Gasteiger partial charge in [-0.25, -0.2) is 4.79 Å². The Morgan fingerprint density at radius 3 is 2.43 bits per heavy atom. The summed E-state index contributed by atoms with van der Waals surface area (Å²) < 4.78 is 7.30. The van der Waals surface area contributed by atoms with Gasteiger partial charge >= 0.3 is 5.97 Å². The van der Waals surface area contributed by atoms with Gasteiger partial charge in [-0.15, -0.1) is 0 Å². The number of carbonyl (C=O) groups excluding carboxylic acids is 1. The second-order valence-electron chi connectivity index (χ2n) is 6.20. The van der Waals surface area contributed by atoms with Crippen molar-refractivity contribution >= 4 is 17.6 Å². The Labute approximate surface area is 142 Å². The molecule has 1 heterocycles. The van der Waals surface area contributed by atoms with E-state index in [0.29, 0.717) is 16.6 Å². The quantitative estimate of drug-likeness (QED) is 0.704. The van der Waals surface area contributed by atoms with Gasteiger partial charge in [0, 0.05) is 28.5 Å². The first-order valence-electron chi connectivity index (χ1n) is 8.17. The minimum Gasteiger partial charge on any atom is -0.465 e. The van der Waals surface area contributed by atoms with Crippen molar-refractivity contribution in [1.82, 2.24) is 4.57 Å². The first-order valence-corrected chi connectivity index (χ1v) is 8.55. The Morgan fingerprint density at radius 1 is 1.17 bits per heavy atom. The van der Waals surface area contributed by atoms with Crippen LogP contribution in [0.15, 0.2) is 30.5 Å². The summed E-state index contributed by atoms with van der Waals surface area (Å²) >= 11 is 5.99. The van der Waals surface area contributed by atoms with Crippen molar-refractivity contribution in [2.45, 2.75) is 45.1 Å². The van der Waals surface area contributed by atoms with Gasteiger partial charge in [0.25, 0.3) is 0 Å². The minimum atomic E-state index is -0.276. The van der Waals surface area contributed by atoms with Crippen LogP contribution in [0.25, 0.3) is 11.1 Å². The van der Waals surface area contributed by atoms with Crippen LogP contribution in [-0.2, 0) is 4.74 Å². The zero-order valence-electron chi connectivity index (χ0n) is 13.6. The van der Waals surface area contributed by atoms with Gasteiger partial charge in [-0.3, -0.25) is 0 Å². The third-order valence-electron chi connectivity index (χ3n) is 4.80. The monoisotopic (exact) mass is 331 g/mol. The highest BCUT2D eigenvalue weighted by Gasteiger charge is 2.25. The lowest BCUT2D eigenvalue weighted by Crippen LogP contribution is -2.14. The number of hydrogen-bond donors (Lipinski definition) is 0. The average molecular weight is 332 g/mol. The summed E-state index contributed by atoms with van der Waals surface area (Å²) in [6.07, 6.45) is 8.29. The van der Waals surface area contributed by atoms with Gasteiger partial charge in [-0.2, -0.15) is 0 Å². The molecule has 23 heavy (non-hydrogen) atoms. The van der Waals surface area contributed by atoms with E-state index in [1.165, 1.54) is 39.2 Å². The Morgan fingerprint density at radius 2 is 1.83 bits per heavy atom. The van der Waals surface area contributed by atoms with Gasteiger partial charge < -0.3 is 9.30 Å². The number of esters is 1. The van der Waals surface area contributed by atoms with Crippen molar-refractivity contribution in [2.24, 2.45) is 0 Å². The Balaban J connectivity index is 2.09. The van der Waals surface area contributed by atoms with Crippen LogP contribution in [0.3, 0.4) is 0 Å². The Bertz CT molecular complexity index is 697. The molecule has 1 aromatic carbocycles. The lowest BCUT2D eigenvalue weighted by molar-refractivity contribution is 0.0600. The van der Waals surface area contributed by atoms with E-state index in [4.69, 9.17) is 16.3 Å². The Kier molecular flexibility index (Phi) is 4.76. The standard InChI is InChI=1S/C19H22ClNO2/c1-13-18(19(22)23-2)17(14-8-10-15(20)11-9-14)12-21(13)16-6-4-3-5-7-16/h8-12,16H,3-7H2,1-2H3. The van der Waals surface area contributed by atoms with Gasteiger partial charge in [0.05, 0.1) is 12.7 Å². The van der Waals surface area contributed by atoms with Crippen molar-refractivity contribution in [2.75, 3.05) is 7.11 Å². The molecular formula is C19H22ClNO2. The van der Waals surface area contributed by atoms with Crippen LogP contribution in [0.2, 0.25) is 5.02 Å². The van der Waals surface area contributed by atoms with E-state index >= 15 is 0 Å². The van der Waals surface area contributed by atoms with Crippen LogP contribution in [0, 0.1) is 6.92 Å². The molecule has 0 spiro atoms. The molecule has 1 aromatic heterocycles. The van der Waals surface area contributed by atoms with E-state index in [-0.39, 0.29) is 5.97 Å². The van der Waals surface area contributed by atoms with Crippen molar-refractivity contribution in [3.05, 3.63) is 46.7 Å². The number of nitrogens with zero attached hydrogens (tertiary/aromatic N) is 1. The summed E-state index contributed by atoms with van der Waals surface area (Å²) in [5.74, 6) is -0.276. The van der Waals surface area contributed by atoms with Gasteiger partial charge in [-0.05, 0) is 37.5 Å². The molecular weight excluding hydrogens is 310 g/mol. The van der Waals surface area contributed by atoms with Crippen molar-refractivity contribution in [3.8, 4) is 11.1 Å². The predicted octanol–water partition coefficient (Wildman–Crippen LogP) is 5.41. The predicted molar refractivity (Wildman–Crippen MR) is 93.1 cm³/mol. The molecule has 1 aliphatic carbocycles. The highest BCUT2D eigenvalue weighted by Crippen LogP contribution is 2.36. The maximum absolute atomic E-state index is 12.3. The second-order valence-corrected chi connectivity index (χ2v) is 6.64. The summed E-state index contributed by atoms with van der Waals surface area (Å²) in [4.78, 5) is 12.3. The molecule has 1 aliphatic rings. The molecule has 0 bridgehead atoms. The van der Waals surface area contributed by atoms with Crippen molar-refractivity contribution in [1.29, 1.82) is 0 Å². The molecule has 0 N–H and O–H groups in total. The molecule has 1 saturated carbocycles. The molecule has 4 heteroatoms. The normalized spacial score (nSPS) is 15.6. The fourth-order valence-corrected chi connectivity index (χ4v) is 3.70. The summed E-state index contributed by atoms with van der Waals surface area (Å²) in [6, 6.07) is 8.09. The molecule has 0 atom stereocenters. The van der Waals surface area contributed by atoms with Crippen LogP contribution in [-0.4, -0.2) is 17.6 Å². The summed E-state index contributed by atoms with van der Waals surface area (Å²) in [5, 5.41) is 0.691. The summed E-state index contributed by atoms with van der Waals surface area (Å²) in [7, 11) is 1.44. The van der Waals surface area contributed by atoms with Crippen LogP contribution in [0.5, 0.6) is 0 Å². The van der Waals surface area contributed by atoms with E-state index in [1.54, 1.807) is 0 Å². The van der Waals surface area contributed by atoms with Gasteiger partial charge in [-0.1, -0.05) is 43.0 Å². The maximum Gasteiger partial charge on any atom is 0.340 e. The largest absolute Gasteiger partial charge is 0.465 e. The van der Waals surface area contributed by atoms with E-state index in [9.17, 15) is 4.79 Å². The van der Waals surface area contributed by atoms with Crippen LogP contribution >= 0.6 is 11.6 Å².